The van der Waals surface area contributed by atoms with Crippen molar-refractivity contribution in [1.29, 1.82) is 0 Å². The van der Waals surface area contributed by atoms with Crippen LogP contribution in [0.1, 0.15) is 23.4 Å². The number of nitrogens with zero attached hydrogens (tertiary/aromatic N) is 3. The average Bonchev–Trinajstić information content (AvgIpc) is 3.01. The van der Waals surface area contributed by atoms with Crippen LogP contribution in [0.5, 0.6) is 5.75 Å². The molecule has 1 amide bonds. The van der Waals surface area contributed by atoms with Crippen molar-refractivity contribution in [2.75, 3.05) is 16.9 Å². The van der Waals surface area contributed by atoms with Gasteiger partial charge in [0.15, 0.2) is 5.82 Å². The third-order valence-electron chi connectivity index (χ3n) is 4.16. The summed E-state index contributed by atoms with van der Waals surface area (Å²) in [6.07, 6.45) is 0.304. The number of aryl methyl sites for hydroxylation is 2. The highest BCUT2D eigenvalue weighted by Crippen LogP contribution is 2.24. The third kappa shape index (κ3) is 5.65. The Morgan fingerprint density at radius 3 is 2.66 bits per heavy atom. The number of halogens is 1. The topological polar surface area (TPSA) is 95.1 Å². The normalized spacial score (nSPS) is 10.7. The minimum absolute atomic E-state index is 0.110. The van der Waals surface area contributed by atoms with Gasteiger partial charge in [-0.3, -0.25) is 4.79 Å². The predicted octanol–water partition coefficient (Wildman–Crippen LogP) is 3.96. The van der Waals surface area contributed by atoms with Gasteiger partial charge in [0.2, 0.25) is 11.1 Å². The van der Waals surface area contributed by atoms with Crippen molar-refractivity contribution >= 4 is 35.0 Å². The van der Waals surface area contributed by atoms with Crippen LogP contribution in [-0.4, -0.2) is 26.5 Å². The number of benzene rings is 2. The lowest BCUT2D eigenvalue weighted by molar-refractivity contribution is -0.115. The van der Waals surface area contributed by atoms with Gasteiger partial charge in [-0.25, -0.2) is 4.68 Å². The van der Waals surface area contributed by atoms with E-state index >= 15 is 0 Å². The summed E-state index contributed by atoms with van der Waals surface area (Å²) in [5.74, 6) is 7.81. The highest BCUT2D eigenvalue weighted by atomic mass is 35.5. The molecule has 152 valence electrons. The molecule has 3 aromatic rings. The molecule has 0 spiro atoms. The fourth-order valence-corrected chi connectivity index (χ4v) is 3.70. The molecule has 0 fully saturated rings. The summed E-state index contributed by atoms with van der Waals surface area (Å²) in [5, 5.41) is 12.1. The summed E-state index contributed by atoms with van der Waals surface area (Å²) >= 11 is 7.28. The number of carbonyl (C=O) groups is 1. The summed E-state index contributed by atoms with van der Waals surface area (Å²) in [4.78, 5) is 12.1. The number of carbonyl (C=O) groups excluding carboxylic acids is 1. The molecule has 0 aliphatic heterocycles. The van der Waals surface area contributed by atoms with E-state index in [0.717, 1.165) is 16.9 Å². The van der Waals surface area contributed by atoms with Crippen LogP contribution in [0.4, 0.5) is 5.69 Å². The van der Waals surface area contributed by atoms with Crippen LogP contribution in [0.25, 0.3) is 0 Å². The molecular weight excluding hydrogens is 410 g/mol. The Morgan fingerprint density at radius 1 is 1.21 bits per heavy atom. The molecule has 0 atom stereocenters. The molecule has 0 radical (unpaired) electrons. The quantitative estimate of drug-likeness (QED) is 0.414. The summed E-state index contributed by atoms with van der Waals surface area (Å²) in [7, 11) is 0. The van der Waals surface area contributed by atoms with Gasteiger partial charge in [0, 0.05) is 22.9 Å². The van der Waals surface area contributed by atoms with E-state index < -0.39 is 0 Å². The monoisotopic (exact) mass is 431 g/mol. The molecule has 29 heavy (non-hydrogen) atoms. The van der Waals surface area contributed by atoms with Crippen LogP contribution >= 0.6 is 23.4 Å². The highest BCUT2D eigenvalue weighted by Gasteiger charge is 2.13. The van der Waals surface area contributed by atoms with Crippen molar-refractivity contribution in [3.05, 3.63) is 64.4 Å². The number of nitrogens with one attached hydrogen (secondary N) is 1. The number of aromatic nitrogens is 3. The first-order valence-electron chi connectivity index (χ1n) is 9.00. The van der Waals surface area contributed by atoms with Crippen LogP contribution in [0.3, 0.4) is 0 Å². The molecule has 3 rings (SSSR count). The largest absolute Gasteiger partial charge is 0.485 e. The van der Waals surface area contributed by atoms with E-state index in [1.165, 1.54) is 16.4 Å². The zero-order valence-electron chi connectivity index (χ0n) is 16.2. The second-order valence-corrected chi connectivity index (χ2v) is 7.93. The summed E-state index contributed by atoms with van der Waals surface area (Å²) in [6.45, 7) is 4.20. The standard InChI is InChI=1S/C20H22ClN5O2S/c1-13-5-3-6-14(2)19(13)28-12-17-24-25-20(26(17)22)29-10-9-18(27)23-16-8-4-7-15(21)11-16/h3-8,11H,9-10,12,22H2,1-2H3,(H,23,27). The maximum absolute atomic E-state index is 12.1. The van der Waals surface area contributed by atoms with E-state index in [1.807, 2.05) is 32.0 Å². The molecule has 9 heteroatoms. The van der Waals surface area contributed by atoms with E-state index in [9.17, 15) is 4.79 Å². The first-order chi connectivity index (χ1) is 13.9. The van der Waals surface area contributed by atoms with Crippen molar-refractivity contribution < 1.29 is 9.53 Å². The van der Waals surface area contributed by atoms with Crippen LogP contribution in [-0.2, 0) is 11.4 Å². The Hall–Kier alpha value is -2.71. The number of para-hydroxylation sites is 1. The van der Waals surface area contributed by atoms with Gasteiger partial charge < -0.3 is 15.9 Å². The van der Waals surface area contributed by atoms with E-state index in [4.69, 9.17) is 22.2 Å². The van der Waals surface area contributed by atoms with Gasteiger partial charge in [-0.05, 0) is 43.2 Å². The zero-order chi connectivity index (χ0) is 20.8. The molecule has 7 nitrogen and oxygen atoms in total. The molecule has 0 bridgehead atoms. The molecule has 0 aliphatic rings. The molecule has 0 saturated carbocycles. The molecule has 2 aromatic carbocycles. The van der Waals surface area contributed by atoms with Gasteiger partial charge >= 0.3 is 0 Å². The molecule has 0 saturated heterocycles. The van der Waals surface area contributed by atoms with E-state index in [-0.39, 0.29) is 12.5 Å². The fourth-order valence-electron chi connectivity index (χ4n) is 2.69. The number of hydrogen-bond acceptors (Lipinski definition) is 6. The fraction of sp³-hybridized carbons (Fsp3) is 0.250. The number of anilines is 1. The maximum Gasteiger partial charge on any atom is 0.225 e. The lowest BCUT2D eigenvalue weighted by atomic mass is 10.1. The molecule has 1 aromatic heterocycles. The van der Waals surface area contributed by atoms with E-state index in [1.54, 1.807) is 24.3 Å². The third-order valence-corrected chi connectivity index (χ3v) is 5.34. The summed E-state index contributed by atoms with van der Waals surface area (Å²) < 4.78 is 7.27. The maximum atomic E-state index is 12.1. The van der Waals surface area contributed by atoms with Gasteiger partial charge in [0.05, 0.1) is 0 Å². The van der Waals surface area contributed by atoms with E-state index in [2.05, 4.69) is 15.5 Å². The van der Waals surface area contributed by atoms with Gasteiger partial charge in [0.1, 0.15) is 12.4 Å². The molecule has 0 aliphatic carbocycles. The number of ether oxygens (including phenoxy) is 1. The van der Waals surface area contributed by atoms with Crippen molar-refractivity contribution in [1.82, 2.24) is 14.9 Å². The van der Waals surface area contributed by atoms with Crippen LogP contribution < -0.4 is 15.9 Å². The number of hydrogen-bond donors (Lipinski definition) is 2. The van der Waals surface area contributed by atoms with E-state index in [0.29, 0.717) is 33.9 Å². The number of amides is 1. The molecule has 0 unspecified atom stereocenters. The summed E-state index contributed by atoms with van der Waals surface area (Å²) in [5.41, 5.74) is 2.77. The highest BCUT2D eigenvalue weighted by molar-refractivity contribution is 7.99. The first-order valence-corrected chi connectivity index (χ1v) is 10.4. The Balaban J connectivity index is 1.50. The Morgan fingerprint density at radius 2 is 1.93 bits per heavy atom. The summed E-state index contributed by atoms with van der Waals surface area (Å²) in [6, 6.07) is 13.0. The lowest BCUT2D eigenvalue weighted by Crippen LogP contribution is -2.16. The molecule has 3 N–H and O–H groups in total. The van der Waals surface area contributed by atoms with Gasteiger partial charge in [-0.2, -0.15) is 0 Å². The molecular formula is C20H22ClN5O2S. The first kappa shape index (κ1) is 21.0. The van der Waals surface area contributed by atoms with Crippen LogP contribution in [0.15, 0.2) is 47.6 Å². The van der Waals surface area contributed by atoms with Crippen molar-refractivity contribution in [3.63, 3.8) is 0 Å². The average molecular weight is 432 g/mol. The SMILES string of the molecule is Cc1cccc(C)c1OCc1nnc(SCCC(=O)Nc2cccc(Cl)c2)n1N. The predicted molar refractivity (Wildman–Crippen MR) is 116 cm³/mol. The number of rotatable bonds is 8. The van der Waals surface area contributed by atoms with Crippen molar-refractivity contribution in [2.45, 2.75) is 32.0 Å². The van der Waals surface area contributed by atoms with Gasteiger partial charge in [0.25, 0.3) is 0 Å². The van der Waals surface area contributed by atoms with Crippen molar-refractivity contribution in [3.8, 4) is 5.75 Å². The molecule has 1 heterocycles. The number of nitrogens with two attached hydrogens (primary N) is 1. The Bertz CT molecular complexity index is 988. The lowest BCUT2D eigenvalue weighted by Gasteiger charge is -2.11. The van der Waals surface area contributed by atoms with Crippen molar-refractivity contribution in [2.24, 2.45) is 0 Å². The number of thioether (sulfide) groups is 1. The van der Waals surface area contributed by atoms with Gasteiger partial charge in [-0.1, -0.05) is 47.6 Å². The van der Waals surface area contributed by atoms with Crippen LogP contribution in [0, 0.1) is 13.8 Å². The van der Waals surface area contributed by atoms with Gasteiger partial charge in [-0.15, -0.1) is 10.2 Å². The minimum atomic E-state index is -0.110. The number of nitrogen functional groups attached to an aromatic ring is 1. The minimum Gasteiger partial charge on any atom is -0.485 e. The Kier molecular flexibility index (Phi) is 7.00. The smallest absolute Gasteiger partial charge is 0.225 e. The van der Waals surface area contributed by atoms with Crippen LogP contribution in [0.2, 0.25) is 5.02 Å². The second-order valence-electron chi connectivity index (χ2n) is 6.44. The Labute approximate surface area is 178 Å². The second kappa shape index (κ2) is 9.67. The zero-order valence-corrected chi connectivity index (χ0v) is 17.8.